The second kappa shape index (κ2) is 6.82. The third kappa shape index (κ3) is 2.94. The van der Waals surface area contributed by atoms with Gasteiger partial charge in [0.25, 0.3) is 0 Å². The number of likely N-dealkylation sites (tertiary alicyclic amines) is 1. The first-order valence-corrected chi connectivity index (χ1v) is 8.16. The van der Waals surface area contributed by atoms with Crippen molar-refractivity contribution in [2.75, 3.05) is 13.2 Å². The number of benzene rings is 1. The number of hydrogen-bond acceptors (Lipinski definition) is 3. The standard InChI is InChI=1S/C19H23NO2/c1-2-22-19(21)18(16-10-4-3-5-11-16)20-14-8-12-15-9-6-7-13-17(15)20/h3-7,10-11,13,15,18H,2,8-9,12,14H2,1H3. The smallest absolute Gasteiger partial charge is 0.333 e. The molecule has 0 radical (unpaired) electrons. The minimum atomic E-state index is -0.332. The van der Waals surface area contributed by atoms with Gasteiger partial charge >= 0.3 is 5.97 Å². The van der Waals surface area contributed by atoms with Gasteiger partial charge in [-0.1, -0.05) is 42.5 Å². The lowest BCUT2D eigenvalue weighted by Gasteiger charge is -2.42. The number of hydrogen-bond donors (Lipinski definition) is 0. The highest BCUT2D eigenvalue weighted by molar-refractivity contribution is 5.78. The maximum Gasteiger partial charge on any atom is 0.333 e. The molecular weight excluding hydrogens is 274 g/mol. The molecule has 2 atom stereocenters. The molecule has 1 saturated heterocycles. The van der Waals surface area contributed by atoms with Crippen molar-refractivity contribution >= 4 is 5.97 Å². The number of esters is 1. The fourth-order valence-electron chi connectivity index (χ4n) is 3.48. The SMILES string of the molecule is CCOC(=O)C(c1ccccc1)N1CCCC2CC=CC=C21. The molecule has 0 N–H and O–H groups in total. The van der Waals surface area contributed by atoms with Gasteiger partial charge in [-0.15, -0.1) is 0 Å². The Kier molecular flexibility index (Phi) is 4.62. The molecule has 0 bridgehead atoms. The second-order valence-corrected chi connectivity index (χ2v) is 5.85. The summed E-state index contributed by atoms with van der Waals surface area (Å²) in [7, 11) is 0. The van der Waals surface area contributed by atoms with E-state index in [1.165, 1.54) is 12.1 Å². The summed E-state index contributed by atoms with van der Waals surface area (Å²) in [6.45, 7) is 3.19. The fraction of sp³-hybridized carbons (Fsp3) is 0.421. The van der Waals surface area contributed by atoms with Gasteiger partial charge in [-0.25, -0.2) is 4.79 Å². The van der Waals surface area contributed by atoms with Gasteiger partial charge < -0.3 is 9.64 Å². The van der Waals surface area contributed by atoms with Gasteiger partial charge in [-0.05, 0) is 37.8 Å². The van der Waals surface area contributed by atoms with E-state index in [1.54, 1.807) is 0 Å². The highest BCUT2D eigenvalue weighted by Crippen LogP contribution is 2.38. The molecule has 2 aliphatic rings. The van der Waals surface area contributed by atoms with Crippen LogP contribution in [0.5, 0.6) is 0 Å². The van der Waals surface area contributed by atoms with Crippen LogP contribution in [0.1, 0.15) is 37.8 Å². The summed E-state index contributed by atoms with van der Waals surface area (Å²) in [5, 5.41) is 0. The van der Waals surface area contributed by atoms with Crippen LogP contribution in [0.25, 0.3) is 0 Å². The molecule has 3 heteroatoms. The van der Waals surface area contributed by atoms with E-state index in [9.17, 15) is 4.79 Å². The van der Waals surface area contributed by atoms with E-state index in [1.807, 2.05) is 37.3 Å². The van der Waals surface area contributed by atoms with E-state index < -0.39 is 0 Å². The number of piperidine rings is 1. The summed E-state index contributed by atoms with van der Waals surface area (Å²) >= 11 is 0. The lowest BCUT2D eigenvalue weighted by molar-refractivity contribution is -0.149. The van der Waals surface area contributed by atoms with Crippen molar-refractivity contribution in [3.05, 3.63) is 59.8 Å². The number of fused-ring (bicyclic) bond motifs is 1. The Morgan fingerprint density at radius 2 is 2.18 bits per heavy atom. The summed E-state index contributed by atoms with van der Waals surface area (Å²) in [5.41, 5.74) is 2.30. The molecular formula is C19H23NO2. The largest absolute Gasteiger partial charge is 0.464 e. The van der Waals surface area contributed by atoms with Gasteiger partial charge in [0, 0.05) is 18.2 Å². The van der Waals surface area contributed by atoms with Crippen molar-refractivity contribution in [3.63, 3.8) is 0 Å². The molecule has 22 heavy (non-hydrogen) atoms. The Hall–Kier alpha value is -2.03. The van der Waals surface area contributed by atoms with E-state index in [0.29, 0.717) is 12.5 Å². The Labute approximate surface area is 132 Å². The first-order valence-electron chi connectivity index (χ1n) is 8.16. The molecule has 1 aliphatic heterocycles. The van der Waals surface area contributed by atoms with Gasteiger partial charge in [0.1, 0.15) is 0 Å². The molecule has 0 spiro atoms. The molecule has 0 aromatic heterocycles. The summed E-state index contributed by atoms with van der Waals surface area (Å²) in [5.74, 6) is 0.393. The van der Waals surface area contributed by atoms with Crippen LogP contribution >= 0.6 is 0 Å². The van der Waals surface area contributed by atoms with Crippen molar-refractivity contribution in [1.82, 2.24) is 4.90 Å². The third-order valence-corrected chi connectivity index (χ3v) is 4.46. The fourth-order valence-corrected chi connectivity index (χ4v) is 3.48. The molecule has 1 aliphatic carbocycles. The molecule has 0 amide bonds. The normalized spacial score (nSPS) is 21.8. The summed E-state index contributed by atoms with van der Waals surface area (Å²) in [6.07, 6.45) is 9.90. The number of carbonyl (C=O) groups excluding carboxylic acids is 1. The molecule has 0 saturated carbocycles. The highest BCUT2D eigenvalue weighted by Gasteiger charge is 2.35. The summed E-state index contributed by atoms with van der Waals surface area (Å²) < 4.78 is 5.37. The van der Waals surface area contributed by atoms with Crippen molar-refractivity contribution in [2.24, 2.45) is 5.92 Å². The van der Waals surface area contributed by atoms with Crippen molar-refractivity contribution in [1.29, 1.82) is 0 Å². The van der Waals surface area contributed by atoms with Crippen LogP contribution in [0.15, 0.2) is 54.3 Å². The van der Waals surface area contributed by atoms with Crippen LogP contribution in [-0.2, 0) is 9.53 Å². The van der Waals surface area contributed by atoms with Crippen LogP contribution in [-0.4, -0.2) is 24.0 Å². The van der Waals surface area contributed by atoms with Crippen LogP contribution < -0.4 is 0 Å². The monoisotopic (exact) mass is 297 g/mol. The van der Waals surface area contributed by atoms with E-state index in [4.69, 9.17) is 4.74 Å². The third-order valence-electron chi connectivity index (χ3n) is 4.46. The summed E-state index contributed by atoms with van der Waals surface area (Å²) in [6, 6.07) is 9.65. The van der Waals surface area contributed by atoms with Crippen LogP contribution in [0.2, 0.25) is 0 Å². The zero-order valence-corrected chi connectivity index (χ0v) is 13.1. The summed E-state index contributed by atoms with van der Waals surface area (Å²) in [4.78, 5) is 14.9. The topological polar surface area (TPSA) is 29.5 Å². The van der Waals surface area contributed by atoms with Crippen molar-refractivity contribution < 1.29 is 9.53 Å². The highest BCUT2D eigenvalue weighted by atomic mass is 16.5. The molecule has 2 unspecified atom stereocenters. The van der Waals surface area contributed by atoms with E-state index >= 15 is 0 Å². The molecule has 3 rings (SSSR count). The Balaban J connectivity index is 1.96. The average Bonchev–Trinajstić information content (AvgIpc) is 2.57. The average molecular weight is 297 g/mol. The van der Waals surface area contributed by atoms with Gasteiger partial charge in [0.15, 0.2) is 6.04 Å². The molecule has 3 nitrogen and oxygen atoms in total. The second-order valence-electron chi connectivity index (χ2n) is 5.85. The predicted molar refractivity (Wildman–Crippen MR) is 87.1 cm³/mol. The molecule has 1 aromatic carbocycles. The van der Waals surface area contributed by atoms with Crippen molar-refractivity contribution in [2.45, 2.75) is 32.2 Å². The minimum absolute atomic E-state index is 0.148. The first kappa shape index (κ1) is 14.9. The van der Waals surface area contributed by atoms with Gasteiger partial charge in [0.2, 0.25) is 0 Å². The quantitative estimate of drug-likeness (QED) is 0.791. The van der Waals surface area contributed by atoms with Gasteiger partial charge in [-0.2, -0.15) is 0 Å². The van der Waals surface area contributed by atoms with Crippen LogP contribution in [0.4, 0.5) is 0 Å². The van der Waals surface area contributed by atoms with Crippen LogP contribution in [0.3, 0.4) is 0 Å². The molecule has 1 heterocycles. The zero-order chi connectivity index (χ0) is 15.4. The zero-order valence-electron chi connectivity index (χ0n) is 13.1. The lowest BCUT2D eigenvalue weighted by Crippen LogP contribution is -2.40. The number of ether oxygens (including phenoxy) is 1. The maximum atomic E-state index is 12.6. The molecule has 1 aromatic rings. The van der Waals surface area contributed by atoms with Gasteiger partial charge in [-0.3, -0.25) is 0 Å². The first-order chi connectivity index (χ1) is 10.8. The Bertz CT molecular complexity index is 576. The van der Waals surface area contributed by atoms with Gasteiger partial charge in [0.05, 0.1) is 6.61 Å². The molecule has 116 valence electrons. The minimum Gasteiger partial charge on any atom is -0.464 e. The number of nitrogens with zero attached hydrogens (tertiary/aromatic N) is 1. The Morgan fingerprint density at radius 3 is 2.95 bits per heavy atom. The van der Waals surface area contributed by atoms with Crippen LogP contribution in [0, 0.1) is 5.92 Å². The van der Waals surface area contributed by atoms with Crippen molar-refractivity contribution in [3.8, 4) is 0 Å². The number of allylic oxidation sites excluding steroid dienone is 4. The van der Waals surface area contributed by atoms with E-state index in [0.717, 1.165) is 24.9 Å². The number of rotatable bonds is 4. The van der Waals surface area contributed by atoms with E-state index in [2.05, 4.69) is 23.1 Å². The predicted octanol–water partition coefficient (Wildman–Crippen LogP) is 3.85. The maximum absolute atomic E-state index is 12.6. The van der Waals surface area contributed by atoms with E-state index in [-0.39, 0.29) is 12.0 Å². The lowest BCUT2D eigenvalue weighted by atomic mass is 9.86. The Morgan fingerprint density at radius 1 is 1.36 bits per heavy atom. The molecule has 1 fully saturated rings. The number of carbonyl (C=O) groups is 1.